The fourth-order valence-corrected chi connectivity index (χ4v) is 3.16. The predicted octanol–water partition coefficient (Wildman–Crippen LogP) is 2.29. The fourth-order valence-electron chi connectivity index (χ4n) is 2.02. The molecule has 1 N–H and O–H groups in total. The zero-order valence-corrected chi connectivity index (χ0v) is 13.5. The fraction of sp³-hybridized carbons (Fsp3) is 0.0625. The molecule has 7 nitrogen and oxygen atoms in total. The molecule has 0 fully saturated rings. The van der Waals surface area contributed by atoms with E-state index in [0.29, 0.717) is 5.56 Å². The number of hydrogen-bond donors (Lipinski definition) is 1. The lowest BCUT2D eigenvalue weighted by Crippen LogP contribution is -2.23. The third kappa shape index (κ3) is 4.07. The standard InChI is InChI=1S/C16H12FN3O4S/c17-12-6-8-13(9-7-12)25(22,23)10-14(21)18-16-20-19-15(24-16)11-4-2-1-3-5-11/h1-9H,10H2,(H,18,20,21). The van der Waals surface area contributed by atoms with Gasteiger partial charge in [0.2, 0.25) is 11.8 Å². The molecule has 1 heterocycles. The molecule has 25 heavy (non-hydrogen) atoms. The molecule has 3 rings (SSSR count). The van der Waals surface area contributed by atoms with E-state index in [1.807, 2.05) is 6.07 Å². The van der Waals surface area contributed by atoms with Crippen molar-refractivity contribution in [2.75, 3.05) is 11.1 Å². The number of sulfone groups is 1. The number of halogens is 1. The second-order valence-corrected chi connectivity index (χ2v) is 7.03. The zero-order valence-electron chi connectivity index (χ0n) is 12.7. The molecule has 0 radical (unpaired) electrons. The minimum absolute atomic E-state index is 0.153. The van der Waals surface area contributed by atoms with Crippen molar-refractivity contribution >= 4 is 21.8 Å². The molecule has 0 bridgehead atoms. The summed E-state index contributed by atoms with van der Waals surface area (Å²) in [5.74, 6) is -2.05. The van der Waals surface area contributed by atoms with Gasteiger partial charge in [-0.25, -0.2) is 12.8 Å². The number of nitrogens with zero attached hydrogens (tertiary/aromatic N) is 2. The van der Waals surface area contributed by atoms with Gasteiger partial charge in [-0.15, -0.1) is 5.10 Å². The number of nitrogens with one attached hydrogen (secondary N) is 1. The second kappa shape index (κ2) is 6.81. The van der Waals surface area contributed by atoms with Crippen LogP contribution in [-0.4, -0.2) is 30.3 Å². The van der Waals surface area contributed by atoms with E-state index in [1.165, 1.54) is 0 Å². The number of hydrogen-bond acceptors (Lipinski definition) is 6. The van der Waals surface area contributed by atoms with Crippen molar-refractivity contribution in [3.8, 4) is 11.5 Å². The van der Waals surface area contributed by atoms with Crippen LogP contribution in [0.5, 0.6) is 0 Å². The van der Waals surface area contributed by atoms with E-state index in [-0.39, 0.29) is 16.8 Å². The Balaban J connectivity index is 1.69. The molecule has 1 amide bonds. The highest BCUT2D eigenvalue weighted by atomic mass is 32.2. The number of benzene rings is 2. The van der Waals surface area contributed by atoms with Gasteiger partial charge in [0.05, 0.1) is 4.90 Å². The molecule has 3 aromatic rings. The number of carbonyl (C=O) groups excluding carboxylic acids is 1. The highest BCUT2D eigenvalue weighted by Gasteiger charge is 2.21. The first-order chi connectivity index (χ1) is 11.9. The molecule has 1 aromatic heterocycles. The summed E-state index contributed by atoms with van der Waals surface area (Å²) in [7, 11) is -3.91. The SMILES string of the molecule is O=C(CS(=O)(=O)c1ccc(F)cc1)Nc1nnc(-c2ccccc2)o1. The third-order valence-electron chi connectivity index (χ3n) is 3.19. The summed E-state index contributed by atoms with van der Waals surface area (Å²) in [4.78, 5) is 11.8. The topological polar surface area (TPSA) is 102 Å². The summed E-state index contributed by atoms with van der Waals surface area (Å²) in [6.45, 7) is 0. The van der Waals surface area contributed by atoms with Crippen LogP contribution < -0.4 is 5.32 Å². The quantitative estimate of drug-likeness (QED) is 0.700. The molecular weight excluding hydrogens is 349 g/mol. The van der Waals surface area contributed by atoms with Gasteiger partial charge in [-0.05, 0) is 36.4 Å². The lowest BCUT2D eigenvalue weighted by molar-refractivity contribution is -0.114. The lowest BCUT2D eigenvalue weighted by Gasteiger charge is -2.03. The Hall–Kier alpha value is -3.07. The Morgan fingerprint density at radius 1 is 1.04 bits per heavy atom. The van der Waals surface area contributed by atoms with E-state index < -0.39 is 27.3 Å². The maximum atomic E-state index is 12.9. The monoisotopic (exact) mass is 361 g/mol. The van der Waals surface area contributed by atoms with E-state index in [4.69, 9.17) is 4.42 Å². The number of carbonyl (C=O) groups is 1. The van der Waals surface area contributed by atoms with Gasteiger partial charge in [0.15, 0.2) is 9.84 Å². The minimum atomic E-state index is -3.91. The summed E-state index contributed by atoms with van der Waals surface area (Å²) < 4.78 is 42.4. The van der Waals surface area contributed by atoms with E-state index in [0.717, 1.165) is 24.3 Å². The maximum absolute atomic E-state index is 12.9. The van der Waals surface area contributed by atoms with E-state index in [9.17, 15) is 17.6 Å². The van der Waals surface area contributed by atoms with Crippen molar-refractivity contribution < 1.29 is 22.0 Å². The second-order valence-electron chi connectivity index (χ2n) is 5.04. The first-order valence-electron chi connectivity index (χ1n) is 7.11. The largest absolute Gasteiger partial charge is 0.403 e. The normalized spacial score (nSPS) is 11.2. The lowest BCUT2D eigenvalue weighted by atomic mass is 10.2. The van der Waals surface area contributed by atoms with Crippen LogP contribution in [0.3, 0.4) is 0 Å². The molecule has 0 unspecified atom stereocenters. The summed E-state index contributed by atoms with van der Waals surface area (Å²) >= 11 is 0. The van der Waals surface area contributed by atoms with Gasteiger partial charge in [-0.3, -0.25) is 10.1 Å². The Labute approximate surface area is 142 Å². The van der Waals surface area contributed by atoms with Crippen LogP contribution in [0.25, 0.3) is 11.5 Å². The van der Waals surface area contributed by atoms with E-state index >= 15 is 0 Å². The van der Waals surface area contributed by atoms with Crippen LogP contribution in [0.4, 0.5) is 10.4 Å². The van der Waals surface area contributed by atoms with Crippen LogP contribution in [-0.2, 0) is 14.6 Å². The summed E-state index contributed by atoms with van der Waals surface area (Å²) in [5.41, 5.74) is 0.662. The molecule has 0 aliphatic rings. The number of rotatable bonds is 5. The van der Waals surface area contributed by atoms with Crippen molar-refractivity contribution in [3.05, 3.63) is 60.4 Å². The molecule has 0 atom stereocenters. The highest BCUT2D eigenvalue weighted by molar-refractivity contribution is 7.92. The third-order valence-corrected chi connectivity index (χ3v) is 4.82. The molecule has 0 spiro atoms. The molecule has 9 heteroatoms. The summed E-state index contributed by atoms with van der Waals surface area (Å²) in [5, 5.41) is 9.67. The predicted molar refractivity (Wildman–Crippen MR) is 86.8 cm³/mol. The van der Waals surface area contributed by atoms with Gasteiger partial charge in [-0.1, -0.05) is 23.3 Å². The molecule has 0 saturated heterocycles. The van der Waals surface area contributed by atoms with Crippen LogP contribution in [0.1, 0.15) is 0 Å². The molecule has 0 saturated carbocycles. The first-order valence-corrected chi connectivity index (χ1v) is 8.76. The van der Waals surface area contributed by atoms with Crippen LogP contribution in [0, 0.1) is 5.82 Å². The smallest absolute Gasteiger partial charge is 0.322 e. The molecule has 2 aromatic carbocycles. The Kier molecular flexibility index (Phi) is 4.57. The Morgan fingerprint density at radius 3 is 2.40 bits per heavy atom. The highest BCUT2D eigenvalue weighted by Crippen LogP contribution is 2.19. The van der Waals surface area contributed by atoms with Crippen molar-refractivity contribution in [2.45, 2.75) is 4.90 Å². The zero-order chi connectivity index (χ0) is 17.9. The number of aromatic nitrogens is 2. The molecule has 128 valence electrons. The molecule has 0 aliphatic heterocycles. The summed E-state index contributed by atoms with van der Waals surface area (Å²) in [6.07, 6.45) is 0. The summed E-state index contributed by atoms with van der Waals surface area (Å²) in [6, 6.07) is 12.9. The van der Waals surface area contributed by atoms with E-state index in [1.54, 1.807) is 24.3 Å². The van der Waals surface area contributed by atoms with Gasteiger partial charge in [0, 0.05) is 5.56 Å². The van der Waals surface area contributed by atoms with E-state index in [2.05, 4.69) is 15.5 Å². The van der Waals surface area contributed by atoms with Crippen molar-refractivity contribution in [1.82, 2.24) is 10.2 Å². The van der Waals surface area contributed by atoms with Gasteiger partial charge >= 0.3 is 6.01 Å². The maximum Gasteiger partial charge on any atom is 0.322 e. The van der Waals surface area contributed by atoms with Crippen molar-refractivity contribution in [3.63, 3.8) is 0 Å². The average molecular weight is 361 g/mol. The van der Waals surface area contributed by atoms with Gasteiger partial charge in [-0.2, -0.15) is 0 Å². The molecular formula is C16H12FN3O4S. The average Bonchev–Trinajstić information content (AvgIpc) is 3.04. The van der Waals surface area contributed by atoms with Gasteiger partial charge in [0.1, 0.15) is 11.6 Å². The van der Waals surface area contributed by atoms with Crippen LogP contribution in [0.15, 0.2) is 63.9 Å². The molecule has 0 aliphatic carbocycles. The Morgan fingerprint density at radius 2 is 1.72 bits per heavy atom. The Bertz CT molecular complexity index is 986. The van der Waals surface area contributed by atoms with Gasteiger partial charge < -0.3 is 4.42 Å². The van der Waals surface area contributed by atoms with Crippen LogP contribution in [0.2, 0.25) is 0 Å². The van der Waals surface area contributed by atoms with Gasteiger partial charge in [0.25, 0.3) is 0 Å². The van der Waals surface area contributed by atoms with Crippen molar-refractivity contribution in [2.24, 2.45) is 0 Å². The number of amides is 1. The minimum Gasteiger partial charge on any atom is -0.403 e. The number of anilines is 1. The van der Waals surface area contributed by atoms with Crippen molar-refractivity contribution in [1.29, 1.82) is 0 Å². The van der Waals surface area contributed by atoms with Crippen LogP contribution >= 0.6 is 0 Å². The first kappa shape index (κ1) is 16.8.